The first-order valence-electron chi connectivity index (χ1n) is 13.9. The lowest BCUT2D eigenvalue weighted by Crippen LogP contribution is -2.09. The van der Waals surface area contributed by atoms with Crippen LogP contribution in [0, 0.1) is 0 Å². The van der Waals surface area contributed by atoms with Crippen LogP contribution in [0.4, 0.5) is 17.1 Å². The normalized spacial score (nSPS) is 11.8. The number of aromatic nitrogens is 1. The Balaban J connectivity index is 1.25. The van der Waals surface area contributed by atoms with Crippen molar-refractivity contribution in [1.29, 1.82) is 0 Å². The number of hydrogen-bond acceptors (Lipinski definition) is 5. The van der Waals surface area contributed by atoms with E-state index in [1.54, 1.807) is 0 Å². The van der Waals surface area contributed by atoms with Crippen molar-refractivity contribution in [3.05, 3.63) is 133 Å². The molecule has 3 heterocycles. The number of furan rings is 2. The maximum atomic E-state index is 6.61. The van der Waals surface area contributed by atoms with Crippen molar-refractivity contribution in [3.8, 4) is 11.5 Å². The van der Waals surface area contributed by atoms with E-state index < -0.39 is 0 Å². The van der Waals surface area contributed by atoms with Crippen LogP contribution in [0.3, 0.4) is 0 Å². The van der Waals surface area contributed by atoms with Gasteiger partial charge in [-0.15, -0.1) is 0 Å². The minimum absolute atomic E-state index is 0.597. The highest BCUT2D eigenvalue weighted by Gasteiger charge is 2.21. The van der Waals surface area contributed by atoms with Crippen LogP contribution in [-0.2, 0) is 0 Å². The molecule has 0 N–H and O–H groups in total. The monoisotopic (exact) mass is 542 g/mol. The minimum atomic E-state index is 0.597. The molecule has 198 valence electrons. The summed E-state index contributed by atoms with van der Waals surface area (Å²) < 4.78 is 19.0. The predicted octanol–water partition coefficient (Wildman–Crippen LogP) is 10.8. The molecule has 0 aliphatic rings. The summed E-state index contributed by atoms with van der Waals surface area (Å²) >= 11 is 0. The fourth-order valence-corrected chi connectivity index (χ4v) is 5.94. The quantitative estimate of drug-likeness (QED) is 0.221. The van der Waals surface area contributed by atoms with Gasteiger partial charge in [-0.25, -0.2) is 4.98 Å². The van der Waals surface area contributed by atoms with Crippen molar-refractivity contribution in [1.82, 2.24) is 4.98 Å². The second-order valence-corrected chi connectivity index (χ2v) is 10.4. The molecule has 0 unspecified atom stereocenters. The zero-order chi connectivity index (χ0) is 27.6. The number of benzene rings is 6. The fourth-order valence-electron chi connectivity index (χ4n) is 5.94. The molecular formula is C37H22N2O3. The molecule has 0 aliphatic carbocycles. The smallest absolute Gasteiger partial charge is 0.227 e. The van der Waals surface area contributed by atoms with E-state index in [-0.39, 0.29) is 0 Å². The van der Waals surface area contributed by atoms with Crippen LogP contribution in [0.15, 0.2) is 147 Å². The average molecular weight is 543 g/mol. The van der Waals surface area contributed by atoms with Crippen LogP contribution in [-0.4, -0.2) is 4.98 Å². The number of oxazole rings is 1. The van der Waals surface area contributed by atoms with Crippen LogP contribution >= 0.6 is 0 Å². The lowest BCUT2D eigenvalue weighted by molar-refractivity contribution is 0.617. The molecule has 0 saturated carbocycles. The summed E-state index contributed by atoms with van der Waals surface area (Å²) in [5.74, 6) is 0.597. The van der Waals surface area contributed by atoms with Gasteiger partial charge in [0.25, 0.3) is 0 Å². The summed E-state index contributed by atoms with van der Waals surface area (Å²) in [7, 11) is 0. The third kappa shape index (κ3) is 3.47. The molecule has 6 aromatic carbocycles. The number of anilines is 3. The number of rotatable bonds is 4. The van der Waals surface area contributed by atoms with Crippen molar-refractivity contribution in [2.24, 2.45) is 0 Å². The molecule has 5 nitrogen and oxygen atoms in total. The summed E-state index contributed by atoms with van der Waals surface area (Å²) in [5.41, 5.74) is 8.61. The third-order valence-corrected chi connectivity index (χ3v) is 7.88. The van der Waals surface area contributed by atoms with E-state index in [1.165, 1.54) is 0 Å². The number of fused-ring (bicyclic) bond motifs is 7. The summed E-state index contributed by atoms with van der Waals surface area (Å²) in [6.07, 6.45) is 0. The largest absolute Gasteiger partial charge is 0.456 e. The van der Waals surface area contributed by atoms with Crippen LogP contribution in [0.25, 0.3) is 66.4 Å². The van der Waals surface area contributed by atoms with Gasteiger partial charge in [-0.3, -0.25) is 0 Å². The molecule has 9 aromatic rings. The fraction of sp³-hybridized carbons (Fsp3) is 0. The van der Waals surface area contributed by atoms with Crippen molar-refractivity contribution in [2.45, 2.75) is 0 Å². The summed E-state index contributed by atoms with van der Waals surface area (Å²) in [5, 5.41) is 4.21. The Morgan fingerprint density at radius 3 is 2.07 bits per heavy atom. The van der Waals surface area contributed by atoms with Gasteiger partial charge in [0, 0.05) is 44.9 Å². The Labute approximate surface area is 239 Å². The molecule has 9 rings (SSSR count). The first-order valence-corrected chi connectivity index (χ1v) is 13.9. The van der Waals surface area contributed by atoms with Gasteiger partial charge in [0.15, 0.2) is 11.2 Å². The third-order valence-electron chi connectivity index (χ3n) is 7.88. The Hall–Kier alpha value is -5.81. The van der Waals surface area contributed by atoms with E-state index in [9.17, 15) is 0 Å². The molecule has 3 aromatic heterocycles. The molecule has 0 spiro atoms. The molecule has 0 atom stereocenters. The lowest BCUT2D eigenvalue weighted by Gasteiger charge is -2.25. The van der Waals surface area contributed by atoms with E-state index in [0.717, 1.165) is 72.0 Å². The van der Waals surface area contributed by atoms with Gasteiger partial charge in [-0.05, 0) is 54.6 Å². The Bertz CT molecular complexity index is 2420. The molecule has 0 amide bonds. The highest BCUT2D eigenvalue weighted by atomic mass is 16.4. The number of hydrogen-bond donors (Lipinski definition) is 0. The van der Waals surface area contributed by atoms with Crippen LogP contribution in [0.2, 0.25) is 0 Å². The van der Waals surface area contributed by atoms with Gasteiger partial charge in [0.05, 0.1) is 11.4 Å². The standard InChI is InChI=1S/C37H22N2O3/c1-3-10-23(11-4-1)37-38-30-21-29-28-15-9-16-31(36(28)41-34(29)22-35(30)42-37)39(24-12-5-2-6-13-24)25-18-19-27-26-14-7-8-17-32(26)40-33(27)20-25/h1-22H. The van der Waals surface area contributed by atoms with E-state index in [2.05, 4.69) is 65.6 Å². The van der Waals surface area contributed by atoms with Gasteiger partial charge >= 0.3 is 0 Å². The van der Waals surface area contributed by atoms with E-state index in [0.29, 0.717) is 11.5 Å². The molecule has 0 bridgehead atoms. The zero-order valence-corrected chi connectivity index (χ0v) is 22.3. The molecule has 0 fully saturated rings. The van der Waals surface area contributed by atoms with Crippen LogP contribution < -0.4 is 4.90 Å². The SMILES string of the molecule is c1ccc(-c2nc3cc4c(cc3o2)oc2c(N(c3ccccc3)c3ccc5c(c3)oc3ccccc35)cccc24)cc1. The van der Waals surface area contributed by atoms with Crippen molar-refractivity contribution in [3.63, 3.8) is 0 Å². The van der Waals surface area contributed by atoms with Crippen molar-refractivity contribution >= 4 is 72.0 Å². The first-order chi connectivity index (χ1) is 20.8. The van der Waals surface area contributed by atoms with Crippen molar-refractivity contribution < 1.29 is 13.3 Å². The topological polar surface area (TPSA) is 55.6 Å². The number of nitrogens with zero attached hydrogens (tertiary/aromatic N) is 2. The van der Waals surface area contributed by atoms with Crippen LogP contribution in [0.1, 0.15) is 0 Å². The average Bonchev–Trinajstić information content (AvgIpc) is 3.74. The molecule has 5 heteroatoms. The van der Waals surface area contributed by atoms with Crippen LogP contribution in [0.5, 0.6) is 0 Å². The van der Waals surface area contributed by atoms with Gasteiger partial charge in [0.1, 0.15) is 22.3 Å². The van der Waals surface area contributed by atoms with Gasteiger partial charge in [-0.1, -0.05) is 66.7 Å². The Kier molecular flexibility index (Phi) is 4.83. The van der Waals surface area contributed by atoms with E-state index >= 15 is 0 Å². The second kappa shape index (κ2) is 8.85. The van der Waals surface area contributed by atoms with E-state index in [1.807, 2.05) is 72.8 Å². The Morgan fingerprint density at radius 2 is 1.19 bits per heavy atom. The summed E-state index contributed by atoms with van der Waals surface area (Å²) in [6, 6.07) is 45.1. The van der Waals surface area contributed by atoms with Gasteiger partial charge < -0.3 is 18.2 Å². The predicted molar refractivity (Wildman–Crippen MR) is 169 cm³/mol. The first kappa shape index (κ1) is 22.9. The van der Waals surface area contributed by atoms with Gasteiger partial charge in [-0.2, -0.15) is 0 Å². The highest BCUT2D eigenvalue weighted by molar-refractivity contribution is 6.13. The maximum Gasteiger partial charge on any atom is 0.227 e. The molecule has 0 radical (unpaired) electrons. The lowest BCUT2D eigenvalue weighted by atomic mass is 10.1. The molecule has 0 aliphatic heterocycles. The zero-order valence-electron chi connectivity index (χ0n) is 22.3. The van der Waals surface area contributed by atoms with Crippen molar-refractivity contribution in [2.75, 3.05) is 4.90 Å². The molecule has 0 saturated heterocycles. The molecule has 42 heavy (non-hydrogen) atoms. The number of para-hydroxylation sites is 3. The minimum Gasteiger partial charge on any atom is -0.456 e. The molecular weight excluding hydrogens is 520 g/mol. The summed E-state index contributed by atoms with van der Waals surface area (Å²) in [4.78, 5) is 7.01. The maximum absolute atomic E-state index is 6.61. The summed E-state index contributed by atoms with van der Waals surface area (Å²) in [6.45, 7) is 0. The second-order valence-electron chi connectivity index (χ2n) is 10.4. The van der Waals surface area contributed by atoms with Gasteiger partial charge in [0.2, 0.25) is 5.89 Å². The Morgan fingerprint density at radius 1 is 0.452 bits per heavy atom. The highest BCUT2D eigenvalue weighted by Crippen LogP contribution is 2.44. The van der Waals surface area contributed by atoms with E-state index in [4.69, 9.17) is 18.2 Å².